The molecule has 1 aliphatic heterocycles. The van der Waals surface area contributed by atoms with Crippen LogP contribution in [0.2, 0.25) is 0 Å². The van der Waals surface area contributed by atoms with Crippen LogP contribution in [0, 0.1) is 0 Å². The number of esters is 1. The first-order valence-electron chi connectivity index (χ1n) is 7.51. The number of hydrogen-bond donors (Lipinski definition) is 0. The molecule has 0 amide bonds. The Labute approximate surface area is 140 Å². The second kappa shape index (κ2) is 6.92. The molecule has 0 saturated carbocycles. The van der Waals surface area contributed by atoms with Crippen molar-refractivity contribution >= 4 is 28.9 Å². The standard InChI is InChI=1S/C19H18O3S/c1-3-21-15-8-4-13(5-9-15)17-12-22-19(20)18(17)14-6-10-16(23-2)11-7-14/h4-11H,3,12H2,1-2H3. The molecule has 0 saturated heterocycles. The maximum Gasteiger partial charge on any atom is 0.339 e. The van der Waals surface area contributed by atoms with Gasteiger partial charge in [0.15, 0.2) is 0 Å². The zero-order valence-corrected chi connectivity index (χ0v) is 14.0. The number of thioether (sulfide) groups is 1. The minimum atomic E-state index is -0.259. The van der Waals surface area contributed by atoms with Crippen molar-refractivity contribution in [2.24, 2.45) is 0 Å². The molecule has 0 atom stereocenters. The summed E-state index contributed by atoms with van der Waals surface area (Å²) >= 11 is 1.68. The van der Waals surface area contributed by atoms with E-state index < -0.39 is 0 Å². The maximum atomic E-state index is 12.2. The molecule has 3 nitrogen and oxygen atoms in total. The Morgan fingerprint density at radius 3 is 2.30 bits per heavy atom. The Kier molecular flexibility index (Phi) is 4.72. The Hall–Kier alpha value is -2.20. The van der Waals surface area contributed by atoms with Crippen LogP contribution in [0.5, 0.6) is 5.75 Å². The number of cyclic esters (lactones) is 1. The first-order valence-corrected chi connectivity index (χ1v) is 8.73. The minimum absolute atomic E-state index is 0.259. The highest BCUT2D eigenvalue weighted by atomic mass is 32.2. The van der Waals surface area contributed by atoms with E-state index in [1.165, 1.54) is 4.90 Å². The van der Waals surface area contributed by atoms with Gasteiger partial charge in [-0.1, -0.05) is 24.3 Å². The quantitative estimate of drug-likeness (QED) is 0.607. The maximum absolute atomic E-state index is 12.2. The van der Waals surface area contributed by atoms with Crippen LogP contribution >= 0.6 is 11.8 Å². The molecule has 0 fully saturated rings. The van der Waals surface area contributed by atoms with E-state index in [-0.39, 0.29) is 5.97 Å². The lowest BCUT2D eigenvalue weighted by atomic mass is 9.97. The fraction of sp³-hybridized carbons (Fsp3) is 0.211. The van der Waals surface area contributed by atoms with E-state index in [0.717, 1.165) is 22.4 Å². The van der Waals surface area contributed by atoms with E-state index in [1.807, 2.05) is 61.7 Å². The van der Waals surface area contributed by atoms with Gasteiger partial charge in [-0.05, 0) is 48.6 Å². The van der Waals surface area contributed by atoms with Crippen LogP contribution in [0.1, 0.15) is 18.1 Å². The summed E-state index contributed by atoms with van der Waals surface area (Å²) in [6.45, 7) is 2.90. The van der Waals surface area contributed by atoms with E-state index in [4.69, 9.17) is 9.47 Å². The van der Waals surface area contributed by atoms with Gasteiger partial charge in [0.2, 0.25) is 0 Å². The average Bonchev–Trinajstić information content (AvgIpc) is 2.97. The summed E-state index contributed by atoms with van der Waals surface area (Å²) in [5.41, 5.74) is 3.47. The first kappa shape index (κ1) is 15.7. The molecule has 4 heteroatoms. The molecule has 0 spiro atoms. The monoisotopic (exact) mass is 326 g/mol. The van der Waals surface area contributed by atoms with E-state index in [9.17, 15) is 4.79 Å². The van der Waals surface area contributed by atoms with Crippen LogP contribution < -0.4 is 4.74 Å². The summed E-state index contributed by atoms with van der Waals surface area (Å²) in [6, 6.07) is 15.8. The molecule has 0 aliphatic carbocycles. The van der Waals surface area contributed by atoms with Gasteiger partial charge < -0.3 is 9.47 Å². The van der Waals surface area contributed by atoms with Gasteiger partial charge in [0.1, 0.15) is 12.4 Å². The number of carbonyl (C=O) groups is 1. The first-order chi connectivity index (χ1) is 11.2. The molecule has 1 aliphatic rings. The summed E-state index contributed by atoms with van der Waals surface area (Å²) in [7, 11) is 0. The van der Waals surface area contributed by atoms with Crippen molar-refractivity contribution in [3.05, 3.63) is 59.7 Å². The lowest BCUT2D eigenvalue weighted by Gasteiger charge is -2.07. The highest BCUT2D eigenvalue weighted by Gasteiger charge is 2.27. The van der Waals surface area contributed by atoms with Crippen molar-refractivity contribution in [1.82, 2.24) is 0 Å². The minimum Gasteiger partial charge on any atom is -0.494 e. The zero-order valence-electron chi connectivity index (χ0n) is 13.2. The number of ether oxygens (including phenoxy) is 2. The molecule has 3 rings (SSSR count). The van der Waals surface area contributed by atoms with Crippen LogP contribution in [0.15, 0.2) is 53.4 Å². The molecule has 2 aromatic rings. The Morgan fingerprint density at radius 2 is 1.70 bits per heavy atom. The SMILES string of the molecule is CCOc1ccc(C2=C(c3ccc(SC)cc3)C(=O)OC2)cc1. The third kappa shape index (κ3) is 3.27. The summed E-state index contributed by atoms with van der Waals surface area (Å²) < 4.78 is 10.7. The normalized spacial score (nSPS) is 14.1. The lowest BCUT2D eigenvalue weighted by molar-refractivity contribution is -0.133. The largest absolute Gasteiger partial charge is 0.494 e. The Morgan fingerprint density at radius 1 is 1.04 bits per heavy atom. The highest BCUT2D eigenvalue weighted by molar-refractivity contribution is 7.98. The lowest BCUT2D eigenvalue weighted by Crippen LogP contribution is -1.98. The Balaban J connectivity index is 1.99. The predicted octanol–water partition coefficient (Wildman–Crippen LogP) is 4.27. The summed E-state index contributed by atoms with van der Waals surface area (Å²) in [6.07, 6.45) is 2.03. The topological polar surface area (TPSA) is 35.5 Å². The van der Waals surface area contributed by atoms with Gasteiger partial charge in [-0.25, -0.2) is 4.79 Å². The van der Waals surface area contributed by atoms with Crippen molar-refractivity contribution < 1.29 is 14.3 Å². The van der Waals surface area contributed by atoms with Crippen LogP contribution in [0.4, 0.5) is 0 Å². The fourth-order valence-electron chi connectivity index (χ4n) is 2.60. The van der Waals surface area contributed by atoms with Crippen LogP contribution in [-0.4, -0.2) is 25.4 Å². The van der Waals surface area contributed by atoms with Crippen molar-refractivity contribution in [2.75, 3.05) is 19.5 Å². The Bertz CT molecular complexity index is 730. The van der Waals surface area contributed by atoms with E-state index in [0.29, 0.717) is 18.8 Å². The van der Waals surface area contributed by atoms with Crippen LogP contribution in [-0.2, 0) is 9.53 Å². The molecule has 0 aromatic heterocycles. The van der Waals surface area contributed by atoms with Crippen LogP contribution in [0.3, 0.4) is 0 Å². The van der Waals surface area contributed by atoms with Gasteiger partial charge in [0.05, 0.1) is 12.2 Å². The van der Waals surface area contributed by atoms with E-state index >= 15 is 0 Å². The third-order valence-corrected chi connectivity index (χ3v) is 4.49. The molecule has 23 heavy (non-hydrogen) atoms. The van der Waals surface area contributed by atoms with Crippen molar-refractivity contribution in [3.63, 3.8) is 0 Å². The highest BCUT2D eigenvalue weighted by Crippen LogP contribution is 2.34. The van der Waals surface area contributed by atoms with Crippen molar-refractivity contribution in [2.45, 2.75) is 11.8 Å². The van der Waals surface area contributed by atoms with E-state index in [2.05, 4.69) is 0 Å². The molecule has 0 bridgehead atoms. The molecular weight excluding hydrogens is 308 g/mol. The molecule has 0 radical (unpaired) electrons. The van der Waals surface area contributed by atoms with Crippen LogP contribution in [0.25, 0.3) is 11.1 Å². The molecule has 118 valence electrons. The van der Waals surface area contributed by atoms with Crippen molar-refractivity contribution in [3.8, 4) is 5.75 Å². The number of hydrogen-bond acceptors (Lipinski definition) is 4. The smallest absolute Gasteiger partial charge is 0.339 e. The number of rotatable bonds is 5. The van der Waals surface area contributed by atoms with Gasteiger partial charge >= 0.3 is 5.97 Å². The van der Waals surface area contributed by atoms with E-state index in [1.54, 1.807) is 11.8 Å². The number of benzene rings is 2. The fourth-order valence-corrected chi connectivity index (χ4v) is 3.01. The molecule has 1 heterocycles. The van der Waals surface area contributed by atoms with Gasteiger partial charge in [0, 0.05) is 10.5 Å². The molecule has 0 N–H and O–H groups in total. The third-order valence-electron chi connectivity index (χ3n) is 3.75. The summed E-state index contributed by atoms with van der Waals surface area (Å²) in [5.74, 6) is 0.568. The average molecular weight is 326 g/mol. The van der Waals surface area contributed by atoms with Crippen molar-refractivity contribution in [1.29, 1.82) is 0 Å². The second-order valence-electron chi connectivity index (χ2n) is 5.12. The van der Waals surface area contributed by atoms with Gasteiger partial charge in [0.25, 0.3) is 0 Å². The second-order valence-corrected chi connectivity index (χ2v) is 6.00. The summed E-state index contributed by atoms with van der Waals surface area (Å²) in [5, 5.41) is 0. The predicted molar refractivity (Wildman–Crippen MR) is 93.6 cm³/mol. The zero-order chi connectivity index (χ0) is 16.2. The molecule has 2 aromatic carbocycles. The summed E-state index contributed by atoms with van der Waals surface area (Å²) in [4.78, 5) is 13.3. The van der Waals surface area contributed by atoms with Gasteiger partial charge in [-0.3, -0.25) is 0 Å². The molecular formula is C19H18O3S. The van der Waals surface area contributed by atoms with Gasteiger partial charge in [-0.2, -0.15) is 0 Å². The number of carbonyl (C=O) groups excluding carboxylic acids is 1. The molecule has 0 unspecified atom stereocenters. The van der Waals surface area contributed by atoms with Gasteiger partial charge in [-0.15, -0.1) is 11.8 Å².